The number of hydrogen-bond donors (Lipinski definition) is 1. The van der Waals surface area contributed by atoms with E-state index in [2.05, 4.69) is 9.97 Å². The highest BCUT2D eigenvalue weighted by molar-refractivity contribution is 5.87. The van der Waals surface area contributed by atoms with Crippen molar-refractivity contribution in [1.82, 2.24) is 9.97 Å². The van der Waals surface area contributed by atoms with E-state index >= 15 is 0 Å². The predicted octanol–water partition coefficient (Wildman–Crippen LogP) is 3.39. The summed E-state index contributed by atoms with van der Waals surface area (Å²) in [5.41, 5.74) is 1.47. The second-order valence-electron chi connectivity index (χ2n) is 4.54. The minimum absolute atomic E-state index is 0.565. The Morgan fingerprint density at radius 3 is 2.67 bits per heavy atom. The fraction of sp³-hybridized carbons (Fsp3) is 0. The number of fused-ring (bicyclic) bond motifs is 1. The van der Waals surface area contributed by atoms with Crippen LogP contribution in [0.1, 0.15) is 5.69 Å². The normalized spacial score (nSPS) is 11.0. The van der Waals surface area contributed by atoms with Gasteiger partial charge in [-0.3, -0.25) is 0 Å². The number of carbonyl (C=O) groups is 1. The van der Waals surface area contributed by atoms with Crippen molar-refractivity contribution in [3.05, 3.63) is 66.5 Å². The van der Waals surface area contributed by atoms with E-state index in [-0.39, 0.29) is 0 Å². The first-order chi connectivity index (χ1) is 10.2. The molecule has 1 aromatic heterocycles. The summed E-state index contributed by atoms with van der Waals surface area (Å²) in [5.74, 6) is -0.422. The van der Waals surface area contributed by atoms with Gasteiger partial charge in [-0.05, 0) is 29.0 Å². The van der Waals surface area contributed by atoms with Crippen LogP contribution in [0.2, 0.25) is 0 Å². The summed E-state index contributed by atoms with van der Waals surface area (Å²) in [6.45, 7) is 0. The third kappa shape index (κ3) is 2.95. The average molecular weight is 276 g/mol. The van der Waals surface area contributed by atoms with Crippen molar-refractivity contribution in [3.63, 3.8) is 0 Å². The van der Waals surface area contributed by atoms with Crippen molar-refractivity contribution < 1.29 is 9.90 Å². The predicted molar refractivity (Wildman–Crippen MR) is 81.6 cm³/mol. The molecular weight excluding hydrogens is 264 g/mol. The Balaban J connectivity index is 2.02. The molecule has 1 N–H and O–H groups in total. The van der Waals surface area contributed by atoms with E-state index in [1.54, 1.807) is 12.3 Å². The Morgan fingerprint density at radius 2 is 1.86 bits per heavy atom. The van der Waals surface area contributed by atoms with Gasteiger partial charge >= 0.3 is 5.97 Å². The lowest BCUT2D eigenvalue weighted by molar-refractivity contribution is -0.131. The van der Waals surface area contributed by atoms with Crippen molar-refractivity contribution in [2.24, 2.45) is 0 Å². The van der Waals surface area contributed by atoms with Gasteiger partial charge in [0.25, 0.3) is 0 Å². The molecule has 0 aliphatic carbocycles. The number of aliphatic carboxylic acids is 1. The molecule has 102 valence electrons. The number of benzene rings is 2. The molecule has 3 aromatic rings. The maximum absolute atomic E-state index is 10.5. The first-order valence-corrected chi connectivity index (χ1v) is 6.45. The molecule has 0 saturated heterocycles. The van der Waals surface area contributed by atoms with E-state index in [9.17, 15) is 4.79 Å². The molecule has 0 fully saturated rings. The van der Waals surface area contributed by atoms with Crippen molar-refractivity contribution >= 4 is 22.8 Å². The van der Waals surface area contributed by atoms with Crippen LogP contribution in [0.15, 0.2) is 60.8 Å². The van der Waals surface area contributed by atoms with E-state index < -0.39 is 5.97 Å². The van der Waals surface area contributed by atoms with Crippen molar-refractivity contribution in [1.29, 1.82) is 0 Å². The summed E-state index contributed by atoms with van der Waals surface area (Å²) in [5, 5.41) is 10.9. The van der Waals surface area contributed by atoms with Gasteiger partial charge in [-0.15, -0.1) is 0 Å². The summed E-state index contributed by atoms with van der Waals surface area (Å²) in [6.07, 6.45) is 4.14. The minimum atomic E-state index is -0.999. The topological polar surface area (TPSA) is 63.1 Å². The zero-order valence-corrected chi connectivity index (χ0v) is 11.1. The van der Waals surface area contributed by atoms with Crippen molar-refractivity contribution in [3.8, 4) is 11.4 Å². The summed E-state index contributed by atoms with van der Waals surface area (Å²) in [6, 6.07) is 15.7. The zero-order chi connectivity index (χ0) is 14.7. The molecular formula is C17H12N2O2. The number of carboxylic acid groups (broad SMARTS) is 1. The quantitative estimate of drug-likeness (QED) is 0.745. The van der Waals surface area contributed by atoms with Gasteiger partial charge in [0.2, 0.25) is 0 Å². The first kappa shape index (κ1) is 13.0. The molecule has 2 aromatic carbocycles. The molecule has 4 heteroatoms. The second-order valence-corrected chi connectivity index (χ2v) is 4.54. The van der Waals surface area contributed by atoms with E-state index in [0.29, 0.717) is 11.5 Å². The Labute approximate surface area is 121 Å². The van der Waals surface area contributed by atoms with Crippen LogP contribution in [0.4, 0.5) is 0 Å². The monoisotopic (exact) mass is 276 g/mol. The number of aromatic nitrogens is 2. The lowest BCUT2D eigenvalue weighted by Gasteiger charge is -2.03. The van der Waals surface area contributed by atoms with Crippen LogP contribution in [0.25, 0.3) is 28.2 Å². The molecule has 0 spiro atoms. The molecule has 3 rings (SSSR count). The zero-order valence-electron chi connectivity index (χ0n) is 11.1. The molecule has 0 atom stereocenters. The Morgan fingerprint density at radius 1 is 1.05 bits per heavy atom. The van der Waals surface area contributed by atoms with Gasteiger partial charge in [0, 0.05) is 17.8 Å². The van der Waals surface area contributed by atoms with Gasteiger partial charge in [0.15, 0.2) is 5.82 Å². The number of carboxylic acids is 1. The highest BCUT2D eigenvalue weighted by Crippen LogP contribution is 2.21. The fourth-order valence-electron chi connectivity index (χ4n) is 2.09. The lowest BCUT2D eigenvalue weighted by atomic mass is 10.1. The third-order valence-corrected chi connectivity index (χ3v) is 3.08. The molecule has 0 saturated carbocycles. The summed E-state index contributed by atoms with van der Waals surface area (Å²) >= 11 is 0. The maximum Gasteiger partial charge on any atom is 0.328 e. The summed E-state index contributed by atoms with van der Waals surface area (Å²) in [7, 11) is 0. The van der Waals surface area contributed by atoms with Gasteiger partial charge in [-0.25, -0.2) is 14.8 Å². The van der Waals surface area contributed by atoms with E-state index in [0.717, 1.165) is 22.4 Å². The number of nitrogens with zero attached hydrogens (tertiary/aromatic N) is 2. The molecule has 1 heterocycles. The van der Waals surface area contributed by atoms with Gasteiger partial charge < -0.3 is 5.11 Å². The Bertz CT molecular complexity index is 841. The molecule has 4 nitrogen and oxygen atoms in total. The first-order valence-electron chi connectivity index (χ1n) is 6.45. The van der Waals surface area contributed by atoms with Crippen molar-refractivity contribution in [2.75, 3.05) is 0 Å². The van der Waals surface area contributed by atoms with Crippen LogP contribution in [0, 0.1) is 0 Å². The van der Waals surface area contributed by atoms with E-state index in [4.69, 9.17) is 5.11 Å². The van der Waals surface area contributed by atoms with Crippen LogP contribution in [-0.2, 0) is 4.79 Å². The lowest BCUT2D eigenvalue weighted by Crippen LogP contribution is -1.92. The minimum Gasteiger partial charge on any atom is -0.478 e. The van der Waals surface area contributed by atoms with Crippen LogP contribution < -0.4 is 0 Å². The molecule has 21 heavy (non-hydrogen) atoms. The van der Waals surface area contributed by atoms with Gasteiger partial charge in [-0.1, -0.05) is 36.4 Å². The van der Waals surface area contributed by atoms with Gasteiger partial charge in [0.1, 0.15) is 0 Å². The summed E-state index contributed by atoms with van der Waals surface area (Å²) in [4.78, 5) is 19.2. The molecule has 0 bridgehead atoms. The average Bonchev–Trinajstić information content (AvgIpc) is 2.53. The highest BCUT2D eigenvalue weighted by atomic mass is 16.4. The van der Waals surface area contributed by atoms with Crippen LogP contribution in [-0.4, -0.2) is 21.0 Å². The van der Waals surface area contributed by atoms with Gasteiger partial charge in [0.05, 0.1) is 5.69 Å². The molecule has 0 aliphatic heterocycles. The molecule has 0 amide bonds. The SMILES string of the molecule is O=C(O)/C=C/c1ccnc(-c2ccc3ccccc3c2)n1. The Kier molecular flexibility index (Phi) is 3.43. The van der Waals surface area contributed by atoms with Gasteiger partial charge in [-0.2, -0.15) is 0 Å². The smallest absolute Gasteiger partial charge is 0.328 e. The van der Waals surface area contributed by atoms with Crippen LogP contribution >= 0.6 is 0 Å². The fourth-order valence-corrected chi connectivity index (χ4v) is 2.09. The maximum atomic E-state index is 10.5. The standard InChI is InChI=1S/C17H12N2O2/c20-16(21)8-7-15-9-10-18-17(19-15)14-6-5-12-3-1-2-4-13(12)11-14/h1-11H,(H,20,21)/b8-7+. The second kappa shape index (κ2) is 5.54. The largest absolute Gasteiger partial charge is 0.478 e. The number of rotatable bonds is 3. The number of hydrogen-bond acceptors (Lipinski definition) is 3. The van der Waals surface area contributed by atoms with E-state index in [1.165, 1.54) is 6.08 Å². The Hall–Kier alpha value is -3.01. The summed E-state index contributed by atoms with van der Waals surface area (Å²) < 4.78 is 0. The van der Waals surface area contributed by atoms with Crippen molar-refractivity contribution in [2.45, 2.75) is 0 Å². The van der Waals surface area contributed by atoms with Crippen LogP contribution in [0.3, 0.4) is 0 Å². The van der Waals surface area contributed by atoms with E-state index in [1.807, 2.05) is 42.5 Å². The molecule has 0 unspecified atom stereocenters. The molecule has 0 aliphatic rings. The third-order valence-electron chi connectivity index (χ3n) is 3.08. The molecule has 0 radical (unpaired) electrons. The highest BCUT2D eigenvalue weighted by Gasteiger charge is 2.03. The van der Waals surface area contributed by atoms with Crippen LogP contribution in [0.5, 0.6) is 0 Å².